The van der Waals surface area contributed by atoms with E-state index in [9.17, 15) is 0 Å². The lowest BCUT2D eigenvalue weighted by atomic mass is 10.2. The Hall–Kier alpha value is -3.68. The van der Waals surface area contributed by atoms with Crippen LogP contribution in [0.15, 0.2) is 59.7 Å². The zero-order valence-electron chi connectivity index (χ0n) is 18.9. The van der Waals surface area contributed by atoms with Crippen molar-refractivity contribution >= 4 is 11.6 Å². The van der Waals surface area contributed by atoms with Gasteiger partial charge in [0, 0.05) is 31.4 Å². The first-order valence-electron chi connectivity index (χ1n) is 11.1. The van der Waals surface area contributed by atoms with Gasteiger partial charge in [-0.05, 0) is 57.0 Å². The Bertz CT molecular complexity index is 1200. The van der Waals surface area contributed by atoms with Gasteiger partial charge in [-0.25, -0.2) is 9.67 Å². The quantitative estimate of drug-likeness (QED) is 0.255. The van der Waals surface area contributed by atoms with Crippen LogP contribution in [0.2, 0.25) is 0 Å². The zero-order valence-corrected chi connectivity index (χ0v) is 18.9. The van der Waals surface area contributed by atoms with Crippen molar-refractivity contribution in [3.8, 4) is 5.69 Å². The Kier molecular flexibility index (Phi) is 6.79. The van der Waals surface area contributed by atoms with Gasteiger partial charge in [0.15, 0.2) is 11.6 Å². The minimum Gasteiger partial charge on any atom is -0.357 e. The summed E-state index contributed by atoms with van der Waals surface area (Å²) in [7, 11) is 0. The molecule has 3 heterocycles. The molecule has 0 amide bonds. The topological polar surface area (TPSA) is 84.4 Å². The Morgan fingerprint density at radius 1 is 1.03 bits per heavy atom. The monoisotopic (exact) mass is 430 g/mol. The number of benzene rings is 1. The summed E-state index contributed by atoms with van der Waals surface area (Å²) in [6.07, 6.45) is 3.78. The molecule has 32 heavy (non-hydrogen) atoms. The van der Waals surface area contributed by atoms with E-state index >= 15 is 0 Å². The number of aliphatic imine (C=N–C) groups is 1. The van der Waals surface area contributed by atoms with E-state index in [1.54, 1.807) is 0 Å². The van der Waals surface area contributed by atoms with Crippen LogP contribution in [0.5, 0.6) is 0 Å². The van der Waals surface area contributed by atoms with Crippen molar-refractivity contribution < 1.29 is 0 Å². The van der Waals surface area contributed by atoms with E-state index in [0.717, 1.165) is 66.0 Å². The molecular formula is C24H30N8. The van der Waals surface area contributed by atoms with Crippen LogP contribution < -0.4 is 10.6 Å². The summed E-state index contributed by atoms with van der Waals surface area (Å²) in [6.45, 7) is 8.33. The van der Waals surface area contributed by atoms with E-state index in [1.807, 2.05) is 52.5 Å². The summed E-state index contributed by atoms with van der Waals surface area (Å²) >= 11 is 0. The predicted octanol–water partition coefficient (Wildman–Crippen LogP) is 3.22. The van der Waals surface area contributed by atoms with Crippen LogP contribution >= 0.6 is 0 Å². The van der Waals surface area contributed by atoms with Gasteiger partial charge in [0.25, 0.3) is 0 Å². The molecule has 1 aromatic carbocycles. The van der Waals surface area contributed by atoms with E-state index in [2.05, 4.69) is 58.0 Å². The van der Waals surface area contributed by atoms with Crippen LogP contribution in [0.3, 0.4) is 0 Å². The molecule has 8 nitrogen and oxygen atoms in total. The number of hydrogen-bond acceptors (Lipinski definition) is 4. The molecule has 0 aliphatic heterocycles. The highest BCUT2D eigenvalue weighted by molar-refractivity contribution is 5.79. The highest BCUT2D eigenvalue weighted by Gasteiger charge is 2.09. The number of aromatic nitrogens is 5. The van der Waals surface area contributed by atoms with Crippen molar-refractivity contribution in [3.05, 3.63) is 77.5 Å². The molecule has 0 aliphatic rings. The van der Waals surface area contributed by atoms with Crippen molar-refractivity contribution in [2.45, 2.75) is 40.2 Å². The fourth-order valence-electron chi connectivity index (χ4n) is 3.74. The Morgan fingerprint density at radius 3 is 2.69 bits per heavy atom. The number of aryl methyl sites for hydroxylation is 3. The third-order valence-corrected chi connectivity index (χ3v) is 5.24. The van der Waals surface area contributed by atoms with Crippen molar-refractivity contribution in [2.24, 2.45) is 4.99 Å². The first kappa shape index (κ1) is 21.5. The number of hydrogen-bond donors (Lipinski definition) is 2. The summed E-state index contributed by atoms with van der Waals surface area (Å²) in [5.41, 5.74) is 5.20. The highest BCUT2D eigenvalue weighted by atomic mass is 15.3. The van der Waals surface area contributed by atoms with Crippen LogP contribution in [0.25, 0.3) is 11.3 Å². The summed E-state index contributed by atoms with van der Waals surface area (Å²) in [6, 6.07) is 16.3. The summed E-state index contributed by atoms with van der Waals surface area (Å²) in [5.74, 6) is 1.78. The largest absolute Gasteiger partial charge is 0.357 e. The maximum Gasteiger partial charge on any atom is 0.191 e. The molecule has 4 rings (SSSR count). The number of fused-ring (bicyclic) bond motifs is 1. The van der Waals surface area contributed by atoms with Crippen molar-refractivity contribution in [3.63, 3.8) is 0 Å². The van der Waals surface area contributed by atoms with Gasteiger partial charge in [-0.2, -0.15) is 5.10 Å². The third-order valence-electron chi connectivity index (χ3n) is 5.24. The van der Waals surface area contributed by atoms with Crippen molar-refractivity contribution in [2.75, 3.05) is 13.1 Å². The maximum absolute atomic E-state index is 4.81. The molecule has 8 heteroatoms. The molecule has 0 aliphatic carbocycles. The van der Waals surface area contributed by atoms with Gasteiger partial charge >= 0.3 is 0 Å². The summed E-state index contributed by atoms with van der Waals surface area (Å²) < 4.78 is 4.03. The Labute approximate surface area is 188 Å². The fourth-order valence-corrected chi connectivity index (χ4v) is 3.74. The average Bonchev–Trinajstić information content (AvgIpc) is 3.37. The Morgan fingerprint density at radius 2 is 1.88 bits per heavy atom. The molecule has 2 N–H and O–H groups in total. The molecular weight excluding hydrogens is 400 g/mol. The second-order valence-electron chi connectivity index (χ2n) is 7.74. The molecule has 0 bridgehead atoms. The molecule has 0 saturated heterocycles. The maximum atomic E-state index is 4.81. The molecule has 166 valence electrons. The molecule has 3 aromatic heterocycles. The van der Waals surface area contributed by atoms with Crippen LogP contribution in [-0.2, 0) is 13.0 Å². The Balaban J connectivity index is 1.39. The molecule has 0 saturated carbocycles. The van der Waals surface area contributed by atoms with E-state index in [-0.39, 0.29) is 0 Å². The van der Waals surface area contributed by atoms with Gasteiger partial charge in [0.2, 0.25) is 0 Å². The van der Waals surface area contributed by atoms with Crippen LogP contribution in [0.1, 0.15) is 36.1 Å². The fraction of sp³-hybridized carbons (Fsp3) is 0.333. The summed E-state index contributed by atoms with van der Waals surface area (Å²) in [4.78, 5) is 4.81. The third kappa shape index (κ3) is 4.96. The second kappa shape index (κ2) is 10.1. The SMILES string of the molecule is CCNC(=NCc1ccccc1-n1nc(C)cc1C)NCCCc1nnc2ccccn12. The van der Waals surface area contributed by atoms with Gasteiger partial charge in [-0.1, -0.05) is 24.3 Å². The minimum atomic E-state index is 0.568. The van der Waals surface area contributed by atoms with Gasteiger partial charge in [-0.3, -0.25) is 4.40 Å². The number of nitrogens with one attached hydrogen (secondary N) is 2. The normalized spacial score (nSPS) is 11.8. The predicted molar refractivity (Wildman–Crippen MR) is 127 cm³/mol. The smallest absolute Gasteiger partial charge is 0.191 e. The van der Waals surface area contributed by atoms with Crippen LogP contribution in [-0.4, -0.2) is 43.4 Å². The van der Waals surface area contributed by atoms with Crippen LogP contribution in [0.4, 0.5) is 0 Å². The van der Waals surface area contributed by atoms with E-state index in [4.69, 9.17) is 4.99 Å². The lowest BCUT2D eigenvalue weighted by Gasteiger charge is -2.13. The zero-order chi connectivity index (χ0) is 22.3. The second-order valence-corrected chi connectivity index (χ2v) is 7.74. The number of guanidine groups is 1. The number of nitrogens with zero attached hydrogens (tertiary/aromatic N) is 6. The first-order chi connectivity index (χ1) is 15.7. The highest BCUT2D eigenvalue weighted by Crippen LogP contribution is 2.17. The summed E-state index contributed by atoms with van der Waals surface area (Å²) in [5, 5.41) is 19.9. The first-order valence-corrected chi connectivity index (χ1v) is 11.1. The van der Waals surface area contributed by atoms with Gasteiger partial charge in [-0.15, -0.1) is 10.2 Å². The van der Waals surface area contributed by atoms with E-state index in [1.165, 1.54) is 0 Å². The lowest BCUT2D eigenvalue weighted by Crippen LogP contribution is -2.37. The van der Waals surface area contributed by atoms with Gasteiger partial charge in [0.05, 0.1) is 17.9 Å². The molecule has 0 radical (unpaired) electrons. The molecule has 4 aromatic rings. The number of pyridine rings is 1. The number of para-hydroxylation sites is 1. The molecule has 0 fully saturated rings. The standard InChI is InChI=1S/C24H30N8/c1-4-25-24(26-14-9-13-23-29-28-22-12-7-8-15-31(22)23)27-17-20-10-5-6-11-21(20)32-19(3)16-18(2)30-32/h5-8,10-12,15-16H,4,9,13-14,17H2,1-3H3,(H2,25,26,27). The molecule has 0 spiro atoms. The molecule has 0 atom stereocenters. The van der Waals surface area contributed by atoms with Gasteiger partial charge in [0.1, 0.15) is 5.82 Å². The van der Waals surface area contributed by atoms with Crippen molar-refractivity contribution in [1.29, 1.82) is 0 Å². The number of rotatable bonds is 8. The minimum absolute atomic E-state index is 0.568. The van der Waals surface area contributed by atoms with E-state index < -0.39 is 0 Å². The van der Waals surface area contributed by atoms with Crippen LogP contribution in [0, 0.1) is 13.8 Å². The molecule has 0 unspecified atom stereocenters. The van der Waals surface area contributed by atoms with Gasteiger partial charge < -0.3 is 10.6 Å². The van der Waals surface area contributed by atoms with Crippen molar-refractivity contribution in [1.82, 2.24) is 35.0 Å². The average molecular weight is 431 g/mol. The lowest BCUT2D eigenvalue weighted by molar-refractivity contribution is 0.714. The van der Waals surface area contributed by atoms with E-state index in [0.29, 0.717) is 6.54 Å².